The smallest absolute Gasteiger partial charge is 0.337 e. The summed E-state index contributed by atoms with van der Waals surface area (Å²) in [5.41, 5.74) is 2.12. The first kappa shape index (κ1) is 14.7. The molecule has 1 heterocycles. The van der Waals surface area contributed by atoms with Crippen molar-refractivity contribution in [1.82, 2.24) is 4.98 Å². The second-order valence-electron chi connectivity index (χ2n) is 4.90. The van der Waals surface area contributed by atoms with Crippen molar-refractivity contribution in [2.45, 2.75) is 0 Å². The highest BCUT2D eigenvalue weighted by molar-refractivity contribution is 6.00. The number of hydrogen-bond acceptors (Lipinski definition) is 4. The zero-order valence-corrected chi connectivity index (χ0v) is 12.2. The first-order chi connectivity index (χ1) is 11.1. The number of rotatable bonds is 2. The fourth-order valence-corrected chi connectivity index (χ4v) is 2.39. The molecule has 0 spiro atoms. The largest absolute Gasteiger partial charge is 0.465 e. The van der Waals surface area contributed by atoms with Gasteiger partial charge in [0.1, 0.15) is 5.82 Å². The maximum atomic E-state index is 14.0. The highest BCUT2D eigenvalue weighted by Crippen LogP contribution is 2.29. The van der Waals surface area contributed by atoms with Gasteiger partial charge in [0.15, 0.2) is 0 Å². The lowest BCUT2D eigenvalue weighted by molar-refractivity contribution is 0.0601. The van der Waals surface area contributed by atoms with E-state index >= 15 is 0 Å². The lowest BCUT2D eigenvalue weighted by atomic mass is 10.0. The Morgan fingerprint density at radius 1 is 1.17 bits per heavy atom. The first-order valence-corrected chi connectivity index (χ1v) is 6.81. The molecule has 0 amide bonds. The Balaban J connectivity index is 2.24. The van der Waals surface area contributed by atoms with Gasteiger partial charge in [0, 0.05) is 16.3 Å². The summed E-state index contributed by atoms with van der Waals surface area (Å²) in [6.45, 7) is 0. The average molecular weight is 306 g/mol. The van der Waals surface area contributed by atoms with Crippen molar-refractivity contribution in [2.24, 2.45) is 0 Å². The minimum absolute atomic E-state index is 0.322. The van der Waals surface area contributed by atoms with E-state index in [0.29, 0.717) is 27.6 Å². The van der Waals surface area contributed by atoms with Crippen molar-refractivity contribution in [3.05, 3.63) is 65.6 Å². The molecule has 0 fully saturated rings. The van der Waals surface area contributed by atoms with Gasteiger partial charge in [-0.15, -0.1) is 0 Å². The lowest BCUT2D eigenvalue weighted by Crippen LogP contribution is -2.01. The Morgan fingerprint density at radius 2 is 1.91 bits per heavy atom. The number of nitriles is 1. The van der Waals surface area contributed by atoms with Gasteiger partial charge in [-0.2, -0.15) is 5.26 Å². The molecule has 3 aromatic rings. The van der Waals surface area contributed by atoms with Gasteiger partial charge in [0.25, 0.3) is 0 Å². The van der Waals surface area contributed by atoms with E-state index in [1.807, 2.05) is 6.07 Å². The van der Waals surface area contributed by atoms with Gasteiger partial charge >= 0.3 is 5.97 Å². The van der Waals surface area contributed by atoms with Crippen LogP contribution in [0.2, 0.25) is 0 Å². The number of pyridine rings is 1. The Labute approximate surface area is 131 Å². The van der Waals surface area contributed by atoms with Gasteiger partial charge < -0.3 is 4.74 Å². The van der Waals surface area contributed by atoms with Crippen LogP contribution in [0.15, 0.2) is 48.7 Å². The highest BCUT2D eigenvalue weighted by atomic mass is 19.1. The van der Waals surface area contributed by atoms with Crippen LogP contribution in [-0.4, -0.2) is 18.1 Å². The molecule has 0 bridgehead atoms. The number of halogens is 1. The van der Waals surface area contributed by atoms with Crippen LogP contribution in [0.5, 0.6) is 0 Å². The molecule has 0 aliphatic rings. The summed E-state index contributed by atoms with van der Waals surface area (Å²) in [6.07, 6.45) is 1.15. The Morgan fingerprint density at radius 3 is 2.57 bits per heavy atom. The molecule has 5 heteroatoms. The molecule has 0 saturated heterocycles. The van der Waals surface area contributed by atoms with Crippen LogP contribution in [-0.2, 0) is 4.74 Å². The molecule has 4 nitrogen and oxygen atoms in total. The van der Waals surface area contributed by atoms with Crippen molar-refractivity contribution < 1.29 is 13.9 Å². The number of carbonyl (C=O) groups excluding carboxylic acids is 1. The fourth-order valence-electron chi connectivity index (χ4n) is 2.39. The number of fused-ring (bicyclic) bond motifs is 1. The Kier molecular flexibility index (Phi) is 3.73. The standard InChI is InChI=1S/C18H11FN2O2/c1-23-18(22)13-6-7-14-15(8-13)17(21-10-16(14)19)12-4-2-11(9-20)3-5-12/h2-8,10H,1H3. The summed E-state index contributed by atoms with van der Waals surface area (Å²) < 4.78 is 18.7. The van der Waals surface area contributed by atoms with E-state index in [9.17, 15) is 9.18 Å². The van der Waals surface area contributed by atoms with Crippen LogP contribution in [0.3, 0.4) is 0 Å². The molecule has 0 aliphatic carbocycles. The average Bonchev–Trinajstić information content (AvgIpc) is 2.61. The summed E-state index contributed by atoms with van der Waals surface area (Å²) in [6, 6.07) is 13.5. The van der Waals surface area contributed by atoms with Gasteiger partial charge in [0.2, 0.25) is 0 Å². The number of methoxy groups -OCH3 is 1. The van der Waals surface area contributed by atoms with E-state index in [0.717, 1.165) is 11.8 Å². The van der Waals surface area contributed by atoms with E-state index < -0.39 is 11.8 Å². The maximum absolute atomic E-state index is 14.0. The molecule has 0 aliphatic heterocycles. The molecular weight excluding hydrogens is 295 g/mol. The molecule has 112 valence electrons. The van der Waals surface area contributed by atoms with E-state index in [1.54, 1.807) is 30.3 Å². The van der Waals surface area contributed by atoms with Gasteiger partial charge in [-0.1, -0.05) is 18.2 Å². The van der Waals surface area contributed by atoms with Crippen LogP contribution in [0.1, 0.15) is 15.9 Å². The van der Waals surface area contributed by atoms with E-state index in [-0.39, 0.29) is 0 Å². The molecule has 2 aromatic carbocycles. The van der Waals surface area contributed by atoms with Gasteiger partial charge in [0.05, 0.1) is 36.2 Å². The summed E-state index contributed by atoms with van der Waals surface area (Å²) in [4.78, 5) is 15.8. The predicted octanol–water partition coefficient (Wildman–Crippen LogP) is 3.70. The fraction of sp³-hybridized carbons (Fsp3) is 0.0556. The molecule has 0 saturated carbocycles. The number of hydrogen-bond donors (Lipinski definition) is 0. The third-order valence-electron chi connectivity index (χ3n) is 3.55. The summed E-state index contributed by atoms with van der Waals surface area (Å²) in [5.74, 6) is -0.962. The summed E-state index contributed by atoms with van der Waals surface area (Å²) >= 11 is 0. The monoisotopic (exact) mass is 306 g/mol. The predicted molar refractivity (Wildman–Crippen MR) is 83.2 cm³/mol. The lowest BCUT2D eigenvalue weighted by Gasteiger charge is -2.08. The normalized spacial score (nSPS) is 10.3. The molecule has 1 aromatic heterocycles. The highest BCUT2D eigenvalue weighted by Gasteiger charge is 2.13. The molecule has 0 unspecified atom stereocenters. The zero-order valence-electron chi connectivity index (χ0n) is 12.2. The Hall–Kier alpha value is -3.26. The van der Waals surface area contributed by atoms with Gasteiger partial charge in [-0.05, 0) is 24.3 Å². The topological polar surface area (TPSA) is 63.0 Å². The quantitative estimate of drug-likeness (QED) is 0.677. The minimum Gasteiger partial charge on any atom is -0.465 e. The van der Waals surface area contributed by atoms with Crippen LogP contribution in [0, 0.1) is 17.1 Å². The van der Waals surface area contributed by atoms with Crippen LogP contribution < -0.4 is 0 Å². The number of ether oxygens (including phenoxy) is 1. The van der Waals surface area contributed by atoms with Gasteiger partial charge in [-0.3, -0.25) is 4.98 Å². The SMILES string of the molecule is COC(=O)c1ccc2c(F)cnc(-c3ccc(C#N)cc3)c2c1. The van der Waals surface area contributed by atoms with Crippen LogP contribution >= 0.6 is 0 Å². The number of carbonyl (C=O) groups is 1. The first-order valence-electron chi connectivity index (χ1n) is 6.81. The van der Waals surface area contributed by atoms with Crippen LogP contribution in [0.4, 0.5) is 4.39 Å². The maximum Gasteiger partial charge on any atom is 0.337 e. The molecule has 0 N–H and O–H groups in total. The third kappa shape index (κ3) is 2.62. The van der Waals surface area contributed by atoms with Crippen molar-refractivity contribution >= 4 is 16.7 Å². The number of esters is 1. The molecule has 23 heavy (non-hydrogen) atoms. The van der Waals surface area contributed by atoms with Crippen LogP contribution in [0.25, 0.3) is 22.0 Å². The van der Waals surface area contributed by atoms with E-state index in [1.165, 1.54) is 19.2 Å². The third-order valence-corrected chi connectivity index (χ3v) is 3.55. The van der Waals surface area contributed by atoms with Crippen molar-refractivity contribution in [1.29, 1.82) is 5.26 Å². The number of benzene rings is 2. The molecule has 0 atom stereocenters. The second kappa shape index (κ2) is 5.85. The summed E-state index contributed by atoms with van der Waals surface area (Å²) in [7, 11) is 1.29. The minimum atomic E-state index is -0.498. The summed E-state index contributed by atoms with van der Waals surface area (Å²) in [5, 5.41) is 9.74. The van der Waals surface area contributed by atoms with Crippen molar-refractivity contribution in [3.8, 4) is 17.3 Å². The molecule has 3 rings (SSSR count). The number of nitrogens with zero attached hydrogens (tertiary/aromatic N) is 2. The van der Waals surface area contributed by atoms with E-state index in [2.05, 4.69) is 4.98 Å². The zero-order chi connectivity index (χ0) is 16.4. The molecular formula is C18H11FN2O2. The van der Waals surface area contributed by atoms with Gasteiger partial charge in [-0.25, -0.2) is 9.18 Å². The van der Waals surface area contributed by atoms with E-state index in [4.69, 9.17) is 10.00 Å². The molecule has 0 radical (unpaired) electrons. The second-order valence-corrected chi connectivity index (χ2v) is 4.90. The number of aromatic nitrogens is 1. The van der Waals surface area contributed by atoms with Crippen molar-refractivity contribution in [2.75, 3.05) is 7.11 Å². The Bertz CT molecular complexity index is 944. The van der Waals surface area contributed by atoms with Crippen molar-refractivity contribution in [3.63, 3.8) is 0 Å².